The van der Waals surface area contributed by atoms with Crippen LogP contribution >= 0.6 is 0 Å². The molecule has 1 saturated carbocycles. The van der Waals surface area contributed by atoms with Crippen molar-refractivity contribution in [3.05, 3.63) is 30.1 Å². The first-order valence-corrected chi connectivity index (χ1v) is 6.75. The first-order valence-electron chi connectivity index (χ1n) is 6.75. The predicted molar refractivity (Wildman–Crippen MR) is 71.1 cm³/mol. The van der Waals surface area contributed by atoms with Gasteiger partial charge in [0.25, 0.3) is 0 Å². The Labute approximate surface area is 104 Å². The summed E-state index contributed by atoms with van der Waals surface area (Å²) < 4.78 is 0. The molecule has 94 valence electrons. The minimum atomic E-state index is 0.887. The third kappa shape index (κ3) is 4.44. The van der Waals surface area contributed by atoms with Crippen LogP contribution in [0.1, 0.15) is 25.5 Å². The van der Waals surface area contributed by atoms with Crippen molar-refractivity contribution in [2.45, 2.75) is 32.2 Å². The van der Waals surface area contributed by atoms with E-state index in [9.17, 15) is 0 Å². The van der Waals surface area contributed by atoms with Crippen molar-refractivity contribution in [2.24, 2.45) is 0 Å². The van der Waals surface area contributed by atoms with Crippen LogP contribution in [0.2, 0.25) is 0 Å². The van der Waals surface area contributed by atoms with Crippen LogP contribution in [-0.2, 0) is 6.42 Å². The number of hydrogen-bond acceptors (Lipinski definition) is 3. The van der Waals surface area contributed by atoms with Crippen molar-refractivity contribution in [1.82, 2.24) is 15.2 Å². The standard InChI is InChI=1S/C14H23N3/c1-2-17(14-6-7-14)12-11-15-10-8-13-5-3-4-9-16-13/h3-5,9,14-15H,2,6-8,10-12H2,1H3. The van der Waals surface area contributed by atoms with Gasteiger partial charge in [-0.1, -0.05) is 13.0 Å². The maximum absolute atomic E-state index is 4.32. The topological polar surface area (TPSA) is 28.2 Å². The molecular weight excluding hydrogens is 210 g/mol. The van der Waals surface area contributed by atoms with Gasteiger partial charge in [0.2, 0.25) is 0 Å². The SMILES string of the molecule is CCN(CCNCCc1ccccn1)C1CC1. The van der Waals surface area contributed by atoms with E-state index >= 15 is 0 Å². The summed E-state index contributed by atoms with van der Waals surface area (Å²) in [5, 5.41) is 3.50. The number of aromatic nitrogens is 1. The average molecular weight is 233 g/mol. The Balaban J connectivity index is 1.54. The molecule has 1 aromatic rings. The van der Waals surface area contributed by atoms with Crippen molar-refractivity contribution >= 4 is 0 Å². The fourth-order valence-electron chi connectivity index (χ4n) is 2.15. The van der Waals surface area contributed by atoms with Crippen LogP contribution in [0.5, 0.6) is 0 Å². The van der Waals surface area contributed by atoms with Gasteiger partial charge in [-0.05, 0) is 31.5 Å². The summed E-state index contributed by atoms with van der Waals surface area (Å²) in [6, 6.07) is 6.99. The van der Waals surface area contributed by atoms with Crippen LogP contribution in [0.15, 0.2) is 24.4 Å². The molecule has 3 nitrogen and oxygen atoms in total. The molecule has 0 unspecified atom stereocenters. The van der Waals surface area contributed by atoms with E-state index in [1.54, 1.807) is 0 Å². The molecule has 0 spiro atoms. The maximum Gasteiger partial charge on any atom is 0.0416 e. The maximum atomic E-state index is 4.32. The average Bonchev–Trinajstić information content (AvgIpc) is 3.19. The Morgan fingerprint density at radius 3 is 2.88 bits per heavy atom. The Kier molecular flexibility index (Phi) is 4.95. The molecule has 0 saturated heterocycles. The number of likely N-dealkylation sites (N-methyl/N-ethyl adjacent to an activating group) is 1. The predicted octanol–water partition coefficient (Wildman–Crippen LogP) is 1.70. The summed E-state index contributed by atoms with van der Waals surface area (Å²) in [4.78, 5) is 6.89. The summed E-state index contributed by atoms with van der Waals surface area (Å²) in [7, 11) is 0. The Bertz CT molecular complexity index is 309. The molecule has 2 rings (SSSR count). The highest BCUT2D eigenvalue weighted by Crippen LogP contribution is 2.25. The van der Waals surface area contributed by atoms with Gasteiger partial charge in [0.1, 0.15) is 0 Å². The van der Waals surface area contributed by atoms with Gasteiger partial charge in [-0.25, -0.2) is 0 Å². The quantitative estimate of drug-likeness (QED) is 0.693. The molecule has 1 heterocycles. The minimum absolute atomic E-state index is 0.887. The van der Waals surface area contributed by atoms with Crippen molar-refractivity contribution < 1.29 is 0 Å². The van der Waals surface area contributed by atoms with Gasteiger partial charge in [0, 0.05) is 44.0 Å². The van der Waals surface area contributed by atoms with Crippen LogP contribution in [-0.4, -0.2) is 42.1 Å². The summed E-state index contributed by atoms with van der Waals surface area (Å²) >= 11 is 0. The van der Waals surface area contributed by atoms with Gasteiger partial charge in [-0.2, -0.15) is 0 Å². The van der Waals surface area contributed by atoms with E-state index in [0.717, 1.165) is 25.6 Å². The van der Waals surface area contributed by atoms with E-state index in [2.05, 4.69) is 28.2 Å². The molecule has 0 atom stereocenters. The number of nitrogens with zero attached hydrogens (tertiary/aromatic N) is 2. The second-order valence-electron chi connectivity index (χ2n) is 4.68. The summed E-state index contributed by atoms with van der Waals surface area (Å²) in [5.41, 5.74) is 1.18. The smallest absolute Gasteiger partial charge is 0.0416 e. The highest BCUT2D eigenvalue weighted by atomic mass is 15.2. The van der Waals surface area contributed by atoms with Gasteiger partial charge in [-0.3, -0.25) is 9.88 Å². The van der Waals surface area contributed by atoms with Gasteiger partial charge in [0.05, 0.1) is 0 Å². The number of rotatable bonds is 8. The van der Waals surface area contributed by atoms with E-state index in [4.69, 9.17) is 0 Å². The molecule has 0 aromatic carbocycles. The van der Waals surface area contributed by atoms with Gasteiger partial charge in [0.15, 0.2) is 0 Å². The second-order valence-corrected chi connectivity index (χ2v) is 4.68. The van der Waals surface area contributed by atoms with Crippen LogP contribution in [0, 0.1) is 0 Å². The molecule has 1 aliphatic carbocycles. The van der Waals surface area contributed by atoms with Crippen molar-refractivity contribution in [3.63, 3.8) is 0 Å². The largest absolute Gasteiger partial charge is 0.315 e. The van der Waals surface area contributed by atoms with Gasteiger partial charge in [-0.15, -0.1) is 0 Å². The lowest BCUT2D eigenvalue weighted by Gasteiger charge is -2.19. The first-order chi connectivity index (χ1) is 8.40. The molecule has 0 amide bonds. The fourth-order valence-corrected chi connectivity index (χ4v) is 2.15. The zero-order valence-electron chi connectivity index (χ0n) is 10.7. The summed E-state index contributed by atoms with van der Waals surface area (Å²) in [6.45, 7) is 6.75. The zero-order chi connectivity index (χ0) is 11.9. The number of pyridine rings is 1. The van der Waals surface area contributed by atoms with Crippen LogP contribution in [0.3, 0.4) is 0 Å². The number of nitrogens with one attached hydrogen (secondary N) is 1. The lowest BCUT2D eigenvalue weighted by molar-refractivity contribution is 0.277. The molecule has 1 fully saturated rings. The highest BCUT2D eigenvalue weighted by Gasteiger charge is 2.26. The van der Waals surface area contributed by atoms with Crippen molar-refractivity contribution in [3.8, 4) is 0 Å². The third-order valence-electron chi connectivity index (χ3n) is 3.33. The lowest BCUT2D eigenvalue weighted by Crippen LogP contribution is -2.34. The first kappa shape index (κ1) is 12.5. The van der Waals surface area contributed by atoms with Gasteiger partial charge < -0.3 is 5.32 Å². The molecule has 0 radical (unpaired) electrons. The molecule has 3 heteroatoms. The minimum Gasteiger partial charge on any atom is -0.315 e. The molecular formula is C14H23N3. The molecule has 0 aliphatic heterocycles. The zero-order valence-corrected chi connectivity index (χ0v) is 10.7. The monoisotopic (exact) mass is 233 g/mol. The van der Waals surface area contributed by atoms with Crippen LogP contribution in [0.25, 0.3) is 0 Å². The second kappa shape index (κ2) is 6.72. The number of hydrogen-bond donors (Lipinski definition) is 1. The van der Waals surface area contributed by atoms with E-state index in [-0.39, 0.29) is 0 Å². The van der Waals surface area contributed by atoms with E-state index in [1.165, 1.54) is 31.6 Å². The van der Waals surface area contributed by atoms with Crippen molar-refractivity contribution in [1.29, 1.82) is 0 Å². The Morgan fingerprint density at radius 1 is 1.35 bits per heavy atom. The third-order valence-corrected chi connectivity index (χ3v) is 3.33. The Morgan fingerprint density at radius 2 is 2.24 bits per heavy atom. The highest BCUT2D eigenvalue weighted by molar-refractivity contribution is 5.03. The van der Waals surface area contributed by atoms with E-state index < -0.39 is 0 Å². The summed E-state index contributed by atoms with van der Waals surface area (Å²) in [5.74, 6) is 0. The molecule has 1 N–H and O–H groups in total. The van der Waals surface area contributed by atoms with Crippen LogP contribution < -0.4 is 5.32 Å². The van der Waals surface area contributed by atoms with Crippen molar-refractivity contribution in [2.75, 3.05) is 26.2 Å². The molecule has 1 aliphatic rings. The summed E-state index contributed by atoms with van der Waals surface area (Å²) in [6.07, 6.45) is 5.70. The fraction of sp³-hybridized carbons (Fsp3) is 0.643. The lowest BCUT2D eigenvalue weighted by atomic mass is 10.3. The van der Waals surface area contributed by atoms with E-state index in [1.807, 2.05) is 18.3 Å². The van der Waals surface area contributed by atoms with Crippen LogP contribution in [0.4, 0.5) is 0 Å². The van der Waals surface area contributed by atoms with Gasteiger partial charge >= 0.3 is 0 Å². The molecule has 0 bridgehead atoms. The molecule has 17 heavy (non-hydrogen) atoms. The normalized spacial score (nSPS) is 15.4. The Hall–Kier alpha value is -0.930. The van der Waals surface area contributed by atoms with E-state index in [0.29, 0.717) is 0 Å². The molecule has 1 aromatic heterocycles.